The van der Waals surface area contributed by atoms with Crippen LogP contribution in [-0.2, 0) is 4.79 Å². The molecule has 0 aliphatic carbocycles. The van der Waals surface area contributed by atoms with Gasteiger partial charge in [-0.15, -0.1) is 11.6 Å². The van der Waals surface area contributed by atoms with Gasteiger partial charge in [-0.05, 0) is 12.1 Å². The normalized spacial score (nSPS) is 12.5. The Hall–Kier alpha value is -0.610. The summed E-state index contributed by atoms with van der Waals surface area (Å²) >= 11 is 8.65. The third-order valence-electron chi connectivity index (χ3n) is 1.49. The van der Waals surface area contributed by atoms with E-state index in [0.717, 1.165) is 0 Å². The minimum atomic E-state index is -1.12. The van der Waals surface area contributed by atoms with E-state index in [0.29, 0.717) is 4.47 Å². The molecule has 1 rings (SSSR count). The molecule has 0 unspecified atom stereocenters. The molecule has 0 aromatic heterocycles. The lowest BCUT2D eigenvalue weighted by atomic mass is 10.1. The highest BCUT2D eigenvalue weighted by Crippen LogP contribution is 2.25. The van der Waals surface area contributed by atoms with E-state index in [9.17, 15) is 9.18 Å². The predicted octanol–water partition coefficient (Wildman–Crippen LogP) is 2.35. The molecule has 1 aromatic carbocycles. The fourth-order valence-electron chi connectivity index (χ4n) is 0.860. The molecule has 0 heterocycles. The van der Waals surface area contributed by atoms with Crippen molar-refractivity contribution in [2.75, 3.05) is 0 Å². The maximum atomic E-state index is 13.1. The molecule has 2 nitrogen and oxygen atoms in total. The summed E-state index contributed by atoms with van der Waals surface area (Å²) in [4.78, 5) is 10.6. The lowest BCUT2D eigenvalue weighted by molar-refractivity contribution is -0.117. The zero-order chi connectivity index (χ0) is 10.0. The van der Waals surface area contributed by atoms with E-state index >= 15 is 0 Å². The Labute approximate surface area is 88.0 Å². The van der Waals surface area contributed by atoms with Crippen molar-refractivity contribution in [3.63, 3.8) is 0 Å². The van der Waals surface area contributed by atoms with Gasteiger partial charge in [0.25, 0.3) is 0 Å². The second kappa shape index (κ2) is 4.07. The largest absolute Gasteiger partial charge is 0.368 e. The third kappa shape index (κ3) is 2.42. The summed E-state index contributed by atoms with van der Waals surface area (Å²) in [6, 6.07) is 4.24. The highest BCUT2D eigenvalue weighted by atomic mass is 79.9. The molecule has 1 aromatic rings. The molecule has 2 N–H and O–H groups in total. The number of carbonyl (C=O) groups is 1. The molecule has 0 aliphatic heterocycles. The van der Waals surface area contributed by atoms with Crippen molar-refractivity contribution in [2.24, 2.45) is 5.73 Å². The minimum absolute atomic E-state index is 0.0948. The standard InChI is InChI=1S/C8H6BrClFNO/c9-4-1-2-5(6(11)3-4)7(10)8(12)13/h1-3,7H,(H2,12,13)/t7-/m1/s1. The third-order valence-corrected chi connectivity index (χ3v) is 2.43. The molecular formula is C8H6BrClFNO. The Balaban J connectivity index is 3.08. The SMILES string of the molecule is NC(=O)[C@H](Cl)c1ccc(Br)cc1F. The Bertz CT molecular complexity index is 345. The van der Waals surface area contributed by atoms with Crippen molar-refractivity contribution in [1.29, 1.82) is 0 Å². The van der Waals surface area contributed by atoms with Crippen LogP contribution < -0.4 is 5.73 Å². The number of primary amides is 1. The second-order valence-electron chi connectivity index (χ2n) is 2.43. The number of benzene rings is 1. The molecule has 0 saturated carbocycles. The van der Waals surface area contributed by atoms with E-state index in [-0.39, 0.29) is 5.56 Å². The summed E-state index contributed by atoms with van der Waals surface area (Å²) in [6.45, 7) is 0. The van der Waals surface area contributed by atoms with Crippen LogP contribution in [0.15, 0.2) is 22.7 Å². The van der Waals surface area contributed by atoms with Gasteiger partial charge in [0.15, 0.2) is 0 Å². The molecule has 0 bridgehead atoms. The Morgan fingerprint density at radius 2 is 2.23 bits per heavy atom. The van der Waals surface area contributed by atoms with Crippen LogP contribution in [0.1, 0.15) is 10.9 Å². The first-order valence-corrected chi connectivity index (χ1v) is 4.63. The molecule has 1 amide bonds. The molecular weight excluding hydrogens is 260 g/mol. The molecule has 0 fully saturated rings. The summed E-state index contributed by atoms with van der Waals surface area (Å²) in [5.41, 5.74) is 5.02. The van der Waals surface area contributed by atoms with Crippen LogP contribution >= 0.6 is 27.5 Å². The molecule has 5 heteroatoms. The zero-order valence-corrected chi connectivity index (χ0v) is 8.77. The van der Waals surface area contributed by atoms with Gasteiger partial charge in [0.1, 0.15) is 11.2 Å². The average Bonchev–Trinajstić information content (AvgIpc) is 2.03. The maximum Gasteiger partial charge on any atom is 0.240 e. The zero-order valence-electron chi connectivity index (χ0n) is 6.43. The number of carbonyl (C=O) groups excluding carboxylic acids is 1. The van der Waals surface area contributed by atoms with Crippen molar-refractivity contribution in [1.82, 2.24) is 0 Å². The average molecular weight is 266 g/mol. The fraction of sp³-hybridized carbons (Fsp3) is 0.125. The summed E-state index contributed by atoms with van der Waals surface area (Å²) in [7, 11) is 0. The van der Waals surface area contributed by atoms with Gasteiger partial charge in [-0.3, -0.25) is 4.79 Å². The lowest BCUT2D eigenvalue weighted by Crippen LogP contribution is -2.17. The van der Waals surface area contributed by atoms with Gasteiger partial charge in [0, 0.05) is 10.0 Å². The Morgan fingerprint density at radius 3 is 2.69 bits per heavy atom. The van der Waals surface area contributed by atoms with E-state index in [1.54, 1.807) is 6.07 Å². The van der Waals surface area contributed by atoms with E-state index in [1.807, 2.05) is 0 Å². The smallest absolute Gasteiger partial charge is 0.240 e. The van der Waals surface area contributed by atoms with Crippen molar-refractivity contribution < 1.29 is 9.18 Å². The van der Waals surface area contributed by atoms with Gasteiger partial charge in [-0.25, -0.2) is 4.39 Å². The number of hydrogen-bond acceptors (Lipinski definition) is 1. The first-order chi connectivity index (χ1) is 6.02. The lowest BCUT2D eigenvalue weighted by Gasteiger charge is -2.06. The first-order valence-electron chi connectivity index (χ1n) is 3.40. The van der Waals surface area contributed by atoms with Gasteiger partial charge in [-0.2, -0.15) is 0 Å². The summed E-state index contributed by atoms with van der Waals surface area (Å²) in [5.74, 6) is -1.31. The van der Waals surface area contributed by atoms with Crippen LogP contribution in [-0.4, -0.2) is 5.91 Å². The topological polar surface area (TPSA) is 43.1 Å². The van der Waals surface area contributed by atoms with E-state index < -0.39 is 17.1 Å². The molecule has 0 radical (unpaired) electrons. The Morgan fingerprint density at radius 1 is 1.62 bits per heavy atom. The van der Waals surface area contributed by atoms with Crippen LogP contribution in [0.3, 0.4) is 0 Å². The molecule has 13 heavy (non-hydrogen) atoms. The molecule has 0 aliphatic rings. The van der Waals surface area contributed by atoms with Gasteiger partial charge in [-0.1, -0.05) is 22.0 Å². The number of halogens is 3. The number of rotatable bonds is 2. The van der Waals surface area contributed by atoms with E-state index in [1.165, 1.54) is 12.1 Å². The highest BCUT2D eigenvalue weighted by Gasteiger charge is 2.17. The number of alkyl halides is 1. The molecule has 0 saturated heterocycles. The quantitative estimate of drug-likeness (QED) is 0.821. The minimum Gasteiger partial charge on any atom is -0.368 e. The molecule has 1 atom stereocenters. The monoisotopic (exact) mass is 265 g/mol. The second-order valence-corrected chi connectivity index (χ2v) is 3.78. The molecule has 0 spiro atoms. The van der Waals surface area contributed by atoms with Gasteiger partial charge in [0.2, 0.25) is 5.91 Å². The van der Waals surface area contributed by atoms with Crippen molar-refractivity contribution >= 4 is 33.4 Å². The number of hydrogen-bond donors (Lipinski definition) is 1. The van der Waals surface area contributed by atoms with Crippen molar-refractivity contribution in [3.8, 4) is 0 Å². The maximum absolute atomic E-state index is 13.1. The van der Waals surface area contributed by atoms with Crippen LogP contribution in [0.2, 0.25) is 0 Å². The summed E-state index contributed by atoms with van der Waals surface area (Å²) in [5, 5.41) is -1.12. The van der Waals surface area contributed by atoms with Crippen LogP contribution in [0.4, 0.5) is 4.39 Å². The molecule has 70 valence electrons. The summed E-state index contributed by atoms with van der Waals surface area (Å²) < 4.78 is 13.7. The van der Waals surface area contributed by atoms with Crippen molar-refractivity contribution in [2.45, 2.75) is 5.38 Å². The summed E-state index contributed by atoms with van der Waals surface area (Å²) in [6.07, 6.45) is 0. The van der Waals surface area contributed by atoms with Gasteiger partial charge in [0.05, 0.1) is 0 Å². The number of amides is 1. The highest BCUT2D eigenvalue weighted by molar-refractivity contribution is 9.10. The van der Waals surface area contributed by atoms with Crippen LogP contribution in [0, 0.1) is 5.82 Å². The Kier molecular flexibility index (Phi) is 3.27. The van der Waals surface area contributed by atoms with Gasteiger partial charge >= 0.3 is 0 Å². The van der Waals surface area contributed by atoms with Crippen LogP contribution in [0.5, 0.6) is 0 Å². The fourth-order valence-corrected chi connectivity index (χ4v) is 1.37. The predicted molar refractivity (Wildman–Crippen MR) is 51.9 cm³/mol. The first kappa shape index (κ1) is 10.5. The number of nitrogens with two attached hydrogens (primary N) is 1. The van der Waals surface area contributed by atoms with E-state index in [4.69, 9.17) is 17.3 Å². The van der Waals surface area contributed by atoms with Crippen LogP contribution in [0.25, 0.3) is 0 Å². The van der Waals surface area contributed by atoms with Crippen molar-refractivity contribution in [3.05, 3.63) is 34.1 Å². The van der Waals surface area contributed by atoms with E-state index in [2.05, 4.69) is 15.9 Å². The van der Waals surface area contributed by atoms with Gasteiger partial charge < -0.3 is 5.73 Å².